The van der Waals surface area contributed by atoms with Gasteiger partial charge in [0.15, 0.2) is 6.29 Å². The summed E-state index contributed by atoms with van der Waals surface area (Å²) in [6.07, 6.45) is 4.28. The van der Waals surface area contributed by atoms with E-state index in [1.807, 2.05) is 0 Å². The first kappa shape index (κ1) is 21.0. The van der Waals surface area contributed by atoms with Crippen molar-refractivity contribution in [3.63, 3.8) is 0 Å². The Morgan fingerprint density at radius 1 is 1.28 bits per heavy atom. The average molecular weight is 420 g/mol. The second kappa shape index (κ2) is 8.77. The summed E-state index contributed by atoms with van der Waals surface area (Å²) in [5, 5.41) is 2.97. The highest BCUT2D eigenvalue weighted by molar-refractivity contribution is 7.87. The highest BCUT2D eigenvalue weighted by Gasteiger charge is 2.49. The predicted octanol–water partition coefficient (Wildman–Crippen LogP) is 2.98. The summed E-state index contributed by atoms with van der Waals surface area (Å²) in [5.41, 5.74) is 7.55. The van der Waals surface area contributed by atoms with Crippen LogP contribution in [-0.2, 0) is 10.8 Å². The molecule has 0 saturated heterocycles. The van der Waals surface area contributed by atoms with Gasteiger partial charge in [-0.05, 0) is 49.6 Å². The van der Waals surface area contributed by atoms with Gasteiger partial charge in [0.05, 0.1) is 18.0 Å². The van der Waals surface area contributed by atoms with Crippen LogP contribution in [0.5, 0.6) is 0 Å². The molecule has 2 unspecified atom stereocenters. The van der Waals surface area contributed by atoms with Crippen LogP contribution >= 0.6 is 0 Å². The van der Waals surface area contributed by atoms with Crippen molar-refractivity contribution in [2.75, 3.05) is 18.1 Å². The van der Waals surface area contributed by atoms with Gasteiger partial charge < -0.3 is 11.1 Å². The van der Waals surface area contributed by atoms with Gasteiger partial charge in [-0.3, -0.25) is 19.0 Å². The van der Waals surface area contributed by atoms with Crippen molar-refractivity contribution in [3.05, 3.63) is 59.4 Å². The lowest BCUT2D eigenvalue weighted by atomic mass is 9.83. The Kier molecular flexibility index (Phi) is 6.36. The lowest BCUT2D eigenvalue weighted by Crippen LogP contribution is -2.56. The van der Waals surface area contributed by atoms with Crippen LogP contribution in [-0.4, -0.2) is 38.9 Å². The van der Waals surface area contributed by atoms with E-state index in [0.29, 0.717) is 23.4 Å². The van der Waals surface area contributed by atoms with Crippen molar-refractivity contribution in [2.45, 2.75) is 30.1 Å². The third kappa shape index (κ3) is 4.34. The Morgan fingerprint density at radius 3 is 2.55 bits per heavy atom. The minimum absolute atomic E-state index is 0.247. The number of nitrogens with zero attached hydrogens (tertiary/aromatic N) is 2. The van der Waals surface area contributed by atoms with E-state index >= 15 is 0 Å². The van der Waals surface area contributed by atoms with Gasteiger partial charge in [0.2, 0.25) is 0 Å². The number of pyridine rings is 1. The van der Waals surface area contributed by atoms with Crippen molar-refractivity contribution < 1.29 is 17.8 Å². The van der Waals surface area contributed by atoms with Crippen molar-refractivity contribution in [1.82, 2.24) is 4.98 Å². The molecule has 9 heteroatoms. The van der Waals surface area contributed by atoms with Crippen LogP contribution in [0.4, 0.5) is 14.5 Å². The van der Waals surface area contributed by atoms with Gasteiger partial charge in [0, 0.05) is 29.1 Å². The minimum atomic E-state index is -1.08. The Hall–Kier alpha value is -2.68. The first-order chi connectivity index (χ1) is 13.9. The van der Waals surface area contributed by atoms with E-state index in [-0.39, 0.29) is 11.5 Å². The fourth-order valence-corrected chi connectivity index (χ4v) is 5.18. The van der Waals surface area contributed by atoms with Gasteiger partial charge in [0.25, 0.3) is 0 Å². The molecule has 2 aromatic rings. The topological polar surface area (TPSA) is 97.4 Å². The number of amidine groups is 1. The number of hydrogen-bond acceptors (Lipinski definition) is 6. The molecule has 2 aliphatic rings. The fourth-order valence-electron chi connectivity index (χ4n) is 3.29. The Balaban J connectivity index is 0.000000224. The molecule has 1 saturated carbocycles. The number of carbonyl (C=O) groups is 1. The van der Waals surface area contributed by atoms with Gasteiger partial charge in [-0.15, -0.1) is 0 Å². The zero-order chi connectivity index (χ0) is 21.0. The lowest BCUT2D eigenvalue weighted by molar-refractivity contribution is 0.111. The van der Waals surface area contributed by atoms with Crippen LogP contribution in [0, 0.1) is 11.6 Å². The van der Waals surface area contributed by atoms with E-state index in [1.165, 1.54) is 18.2 Å². The number of rotatable bonds is 3. The first-order valence-electron chi connectivity index (χ1n) is 9.16. The quantitative estimate of drug-likeness (QED) is 0.744. The molecule has 2 atom stereocenters. The summed E-state index contributed by atoms with van der Waals surface area (Å²) in [7, 11) is 0.698. The van der Waals surface area contributed by atoms with Crippen LogP contribution in [0.3, 0.4) is 0 Å². The number of aliphatic imine (C=N–C) groups is 1. The van der Waals surface area contributed by atoms with Gasteiger partial charge in [0.1, 0.15) is 27.9 Å². The fraction of sp³-hybridized carbons (Fsp3) is 0.350. The molecule has 1 aromatic carbocycles. The number of aromatic nitrogens is 1. The maximum absolute atomic E-state index is 14.0. The van der Waals surface area contributed by atoms with Gasteiger partial charge >= 0.3 is 0 Å². The van der Waals surface area contributed by atoms with Gasteiger partial charge in [-0.2, -0.15) is 0 Å². The number of anilines is 1. The second-order valence-electron chi connectivity index (χ2n) is 6.90. The van der Waals surface area contributed by atoms with E-state index in [1.54, 1.807) is 19.2 Å². The molecule has 1 fully saturated rings. The molecule has 29 heavy (non-hydrogen) atoms. The summed E-state index contributed by atoms with van der Waals surface area (Å²) in [5.74, 6) is 0.0328. The Morgan fingerprint density at radius 2 is 2.03 bits per heavy atom. The largest absolute Gasteiger partial charge is 0.388 e. The number of benzene rings is 1. The molecule has 2 heterocycles. The SMILES string of the molecule is CNc1ccc(F)c(C2CS(=O)C3(CCC3)C(N)=N2)c1.O=Cc1ccc(F)cn1. The summed E-state index contributed by atoms with van der Waals surface area (Å²) < 4.78 is 38.1. The minimum Gasteiger partial charge on any atom is -0.388 e. The third-order valence-corrected chi connectivity index (χ3v) is 7.29. The summed E-state index contributed by atoms with van der Waals surface area (Å²) in [4.78, 5) is 17.8. The summed E-state index contributed by atoms with van der Waals surface area (Å²) >= 11 is 0. The van der Waals surface area contributed by atoms with Crippen molar-refractivity contribution in [1.29, 1.82) is 0 Å². The second-order valence-corrected chi connectivity index (χ2v) is 8.70. The van der Waals surface area contributed by atoms with E-state index in [9.17, 15) is 17.8 Å². The number of nitrogens with one attached hydrogen (secondary N) is 1. The van der Waals surface area contributed by atoms with Crippen molar-refractivity contribution in [2.24, 2.45) is 10.7 Å². The summed E-state index contributed by atoms with van der Waals surface area (Å²) in [6, 6.07) is 6.85. The monoisotopic (exact) mass is 420 g/mol. The van der Waals surface area contributed by atoms with Crippen molar-refractivity contribution >= 4 is 28.6 Å². The molecule has 4 rings (SSSR count). The number of halogens is 2. The van der Waals surface area contributed by atoms with E-state index < -0.39 is 27.4 Å². The predicted molar refractivity (Wildman–Crippen MR) is 109 cm³/mol. The molecule has 1 spiro atoms. The maximum atomic E-state index is 14.0. The van der Waals surface area contributed by atoms with Crippen LogP contribution in [0.2, 0.25) is 0 Å². The van der Waals surface area contributed by atoms with Gasteiger partial charge in [-0.1, -0.05) is 0 Å². The maximum Gasteiger partial charge on any atom is 0.168 e. The van der Waals surface area contributed by atoms with Gasteiger partial charge in [-0.25, -0.2) is 8.78 Å². The van der Waals surface area contributed by atoms with Crippen LogP contribution in [0.15, 0.2) is 41.5 Å². The zero-order valence-electron chi connectivity index (χ0n) is 15.9. The molecule has 3 N–H and O–H groups in total. The molecular formula is C20H22F2N4O2S. The normalized spacial score (nSPS) is 22.0. The number of carbonyl (C=O) groups excluding carboxylic acids is 1. The Bertz CT molecular complexity index is 946. The standard InChI is InChI=1S/C14H18FN3OS.C6H4FNO/c1-17-9-3-4-11(15)10(7-9)12-8-20(19)14(5-2-6-14)13(16)18-12;7-5-1-2-6(4-9)8-3-5/h3-4,7,12,17H,2,5-6,8H2,1H3,(H2,16,18);1-4H. The highest BCUT2D eigenvalue weighted by Crippen LogP contribution is 2.43. The Labute approximate surface area is 170 Å². The first-order valence-corrected chi connectivity index (χ1v) is 10.5. The lowest BCUT2D eigenvalue weighted by Gasteiger charge is -2.43. The molecule has 6 nitrogen and oxygen atoms in total. The highest BCUT2D eigenvalue weighted by atomic mass is 32.2. The summed E-state index contributed by atoms with van der Waals surface area (Å²) in [6.45, 7) is 0. The van der Waals surface area contributed by atoms with Crippen LogP contribution in [0.1, 0.15) is 41.4 Å². The molecule has 1 aromatic heterocycles. The zero-order valence-corrected chi connectivity index (χ0v) is 16.7. The van der Waals surface area contributed by atoms with E-state index in [4.69, 9.17) is 5.73 Å². The van der Waals surface area contributed by atoms with E-state index in [0.717, 1.165) is 31.1 Å². The van der Waals surface area contributed by atoms with Crippen molar-refractivity contribution in [3.8, 4) is 0 Å². The average Bonchev–Trinajstić information content (AvgIpc) is 2.68. The molecule has 1 aliphatic heterocycles. The molecule has 1 aliphatic carbocycles. The molecule has 0 bridgehead atoms. The smallest absolute Gasteiger partial charge is 0.168 e. The third-order valence-electron chi connectivity index (χ3n) is 5.18. The van der Waals surface area contributed by atoms with Crippen LogP contribution in [0.25, 0.3) is 0 Å². The molecule has 0 radical (unpaired) electrons. The number of hydrogen-bond donors (Lipinski definition) is 2. The van der Waals surface area contributed by atoms with E-state index in [2.05, 4.69) is 15.3 Å². The number of aldehydes is 1. The molecule has 0 amide bonds. The van der Waals surface area contributed by atoms with Crippen LogP contribution < -0.4 is 11.1 Å². The molecule has 154 valence electrons. The number of nitrogens with two attached hydrogens (primary N) is 1. The molecular weight excluding hydrogens is 398 g/mol.